The zero-order valence-corrected chi connectivity index (χ0v) is 13.0. The van der Waals surface area contributed by atoms with Gasteiger partial charge < -0.3 is 10.5 Å². The van der Waals surface area contributed by atoms with Crippen molar-refractivity contribution < 1.29 is 9.53 Å². The molecule has 0 aromatic heterocycles. The Morgan fingerprint density at radius 2 is 1.42 bits per heavy atom. The molecule has 19 heavy (non-hydrogen) atoms. The van der Waals surface area contributed by atoms with Crippen molar-refractivity contribution in [1.82, 2.24) is 0 Å². The Kier molecular flexibility index (Phi) is 13.4. The van der Waals surface area contributed by atoms with Crippen molar-refractivity contribution >= 4 is 5.97 Å². The van der Waals surface area contributed by atoms with Gasteiger partial charge in [0.25, 0.3) is 0 Å². The van der Waals surface area contributed by atoms with Crippen molar-refractivity contribution in [2.45, 2.75) is 90.5 Å². The highest BCUT2D eigenvalue weighted by molar-refractivity contribution is 5.75. The standard InChI is InChI=1S/C16H33NO2/c1-3-5-7-9-11-13-15(17)16(18)19-14-12-10-8-6-4-2/h15H,3-14,17H2,1-2H3. The lowest BCUT2D eigenvalue weighted by Gasteiger charge is -2.11. The zero-order chi connectivity index (χ0) is 14.3. The second kappa shape index (κ2) is 13.9. The third-order valence-corrected chi connectivity index (χ3v) is 3.41. The largest absolute Gasteiger partial charge is 0.465 e. The second-order valence-corrected chi connectivity index (χ2v) is 5.39. The van der Waals surface area contributed by atoms with Gasteiger partial charge in [0.05, 0.1) is 6.61 Å². The molecule has 114 valence electrons. The molecular weight excluding hydrogens is 238 g/mol. The Labute approximate surface area is 119 Å². The van der Waals surface area contributed by atoms with Crippen molar-refractivity contribution in [3.63, 3.8) is 0 Å². The number of hydrogen-bond donors (Lipinski definition) is 1. The van der Waals surface area contributed by atoms with Gasteiger partial charge >= 0.3 is 5.97 Å². The van der Waals surface area contributed by atoms with E-state index in [0.717, 1.165) is 25.7 Å². The minimum absolute atomic E-state index is 0.217. The molecule has 1 atom stereocenters. The van der Waals surface area contributed by atoms with Gasteiger partial charge in [0.15, 0.2) is 0 Å². The molecule has 0 aliphatic rings. The van der Waals surface area contributed by atoms with E-state index in [2.05, 4.69) is 13.8 Å². The van der Waals surface area contributed by atoms with Gasteiger partial charge in [0, 0.05) is 0 Å². The highest BCUT2D eigenvalue weighted by atomic mass is 16.5. The molecule has 0 aliphatic carbocycles. The van der Waals surface area contributed by atoms with Gasteiger partial charge in [-0.3, -0.25) is 4.79 Å². The van der Waals surface area contributed by atoms with Crippen LogP contribution in [0.4, 0.5) is 0 Å². The molecule has 0 aliphatic heterocycles. The Balaban J connectivity index is 3.38. The van der Waals surface area contributed by atoms with Crippen molar-refractivity contribution in [3.8, 4) is 0 Å². The molecule has 3 nitrogen and oxygen atoms in total. The van der Waals surface area contributed by atoms with Crippen LogP contribution in [0.1, 0.15) is 84.5 Å². The van der Waals surface area contributed by atoms with E-state index < -0.39 is 6.04 Å². The van der Waals surface area contributed by atoms with E-state index in [-0.39, 0.29) is 5.97 Å². The maximum absolute atomic E-state index is 11.6. The molecule has 3 heteroatoms. The molecule has 0 aromatic carbocycles. The first-order chi connectivity index (χ1) is 9.22. The summed E-state index contributed by atoms with van der Waals surface area (Å²) < 4.78 is 5.20. The summed E-state index contributed by atoms with van der Waals surface area (Å²) in [6.45, 7) is 4.93. The minimum atomic E-state index is -0.419. The van der Waals surface area contributed by atoms with E-state index >= 15 is 0 Å². The Morgan fingerprint density at radius 1 is 0.895 bits per heavy atom. The molecule has 0 rings (SSSR count). The topological polar surface area (TPSA) is 52.3 Å². The quantitative estimate of drug-likeness (QED) is 0.404. The number of unbranched alkanes of at least 4 members (excludes halogenated alkanes) is 8. The van der Waals surface area contributed by atoms with E-state index in [9.17, 15) is 4.79 Å². The lowest BCUT2D eigenvalue weighted by Crippen LogP contribution is -2.32. The monoisotopic (exact) mass is 271 g/mol. The maximum atomic E-state index is 11.6. The SMILES string of the molecule is CCCCCCCOC(=O)C(N)CCCCCCC. The van der Waals surface area contributed by atoms with Crippen molar-refractivity contribution in [2.24, 2.45) is 5.73 Å². The van der Waals surface area contributed by atoms with E-state index in [1.54, 1.807) is 0 Å². The van der Waals surface area contributed by atoms with Gasteiger partial charge in [0.1, 0.15) is 6.04 Å². The van der Waals surface area contributed by atoms with Crippen LogP contribution >= 0.6 is 0 Å². The molecule has 2 N–H and O–H groups in total. The zero-order valence-electron chi connectivity index (χ0n) is 13.0. The van der Waals surface area contributed by atoms with Crippen LogP contribution in [-0.4, -0.2) is 18.6 Å². The maximum Gasteiger partial charge on any atom is 0.322 e. The van der Waals surface area contributed by atoms with Crippen molar-refractivity contribution in [3.05, 3.63) is 0 Å². The van der Waals surface area contributed by atoms with E-state index in [1.165, 1.54) is 44.9 Å². The number of rotatable bonds is 13. The fraction of sp³-hybridized carbons (Fsp3) is 0.938. The predicted octanol–water partition coefficient (Wildman–Crippen LogP) is 4.19. The first-order valence-corrected chi connectivity index (χ1v) is 8.14. The fourth-order valence-corrected chi connectivity index (χ4v) is 2.07. The molecule has 0 amide bonds. The normalized spacial score (nSPS) is 12.4. The van der Waals surface area contributed by atoms with Gasteiger partial charge in [-0.05, 0) is 12.8 Å². The number of hydrogen-bond acceptors (Lipinski definition) is 3. The number of ether oxygens (including phenoxy) is 1. The van der Waals surface area contributed by atoms with Gasteiger partial charge in [-0.25, -0.2) is 0 Å². The van der Waals surface area contributed by atoms with Crippen LogP contribution in [0.2, 0.25) is 0 Å². The van der Waals surface area contributed by atoms with Gasteiger partial charge in [-0.15, -0.1) is 0 Å². The first kappa shape index (κ1) is 18.4. The van der Waals surface area contributed by atoms with Crippen LogP contribution < -0.4 is 5.73 Å². The van der Waals surface area contributed by atoms with E-state index in [0.29, 0.717) is 6.61 Å². The molecule has 0 saturated heterocycles. The minimum Gasteiger partial charge on any atom is -0.465 e. The third kappa shape index (κ3) is 12.2. The Bertz CT molecular complexity index is 207. The number of carbonyl (C=O) groups excluding carboxylic acids is 1. The Morgan fingerprint density at radius 3 is 2.00 bits per heavy atom. The van der Waals surface area contributed by atoms with Crippen LogP contribution in [0.25, 0.3) is 0 Å². The average molecular weight is 271 g/mol. The van der Waals surface area contributed by atoms with Gasteiger partial charge in [-0.1, -0.05) is 71.6 Å². The summed E-state index contributed by atoms with van der Waals surface area (Å²) in [5.41, 5.74) is 5.82. The summed E-state index contributed by atoms with van der Waals surface area (Å²) in [6.07, 6.45) is 12.6. The van der Waals surface area contributed by atoms with Crippen molar-refractivity contribution in [1.29, 1.82) is 0 Å². The summed E-state index contributed by atoms with van der Waals surface area (Å²) in [4.78, 5) is 11.6. The third-order valence-electron chi connectivity index (χ3n) is 3.41. The average Bonchev–Trinajstić information content (AvgIpc) is 2.42. The van der Waals surface area contributed by atoms with Gasteiger partial charge in [-0.2, -0.15) is 0 Å². The molecule has 1 unspecified atom stereocenters. The molecule has 0 bridgehead atoms. The summed E-state index contributed by atoms with van der Waals surface area (Å²) in [5, 5.41) is 0. The summed E-state index contributed by atoms with van der Waals surface area (Å²) in [7, 11) is 0. The lowest BCUT2D eigenvalue weighted by molar-refractivity contribution is -0.145. The van der Waals surface area contributed by atoms with Crippen molar-refractivity contribution in [2.75, 3.05) is 6.61 Å². The predicted molar refractivity (Wildman–Crippen MR) is 81.1 cm³/mol. The molecule has 0 heterocycles. The van der Waals surface area contributed by atoms with Crippen LogP contribution in [0.15, 0.2) is 0 Å². The number of carbonyl (C=O) groups is 1. The highest BCUT2D eigenvalue weighted by Crippen LogP contribution is 2.08. The number of nitrogens with two attached hydrogens (primary N) is 1. The van der Waals surface area contributed by atoms with Crippen LogP contribution in [0.5, 0.6) is 0 Å². The lowest BCUT2D eigenvalue weighted by atomic mass is 10.1. The number of esters is 1. The van der Waals surface area contributed by atoms with Crippen LogP contribution in [-0.2, 0) is 9.53 Å². The van der Waals surface area contributed by atoms with Crippen LogP contribution in [0, 0.1) is 0 Å². The molecule has 0 radical (unpaired) electrons. The highest BCUT2D eigenvalue weighted by Gasteiger charge is 2.13. The summed E-state index contributed by atoms with van der Waals surface area (Å²) >= 11 is 0. The first-order valence-electron chi connectivity index (χ1n) is 8.14. The van der Waals surface area contributed by atoms with Crippen LogP contribution in [0.3, 0.4) is 0 Å². The summed E-state index contributed by atoms with van der Waals surface area (Å²) in [6, 6.07) is -0.419. The smallest absolute Gasteiger partial charge is 0.322 e. The second-order valence-electron chi connectivity index (χ2n) is 5.39. The fourth-order valence-electron chi connectivity index (χ4n) is 2.07. The molecule has 0 aromatic rings. The Hall–Kier alpha value is -0.570. The van der Waals surface area contributed by atoms with E-state index in [1.807, 2.05) is 0 Å². The molecular formula is C16H33NO2. The van der Waals surface area contributed by atoms with Gasteiger partial charge in [0.2, 0.25) is 0 Å². The summed E-state index contributed by atoms with van der Waals surface area (Å²) in [5.74, 6) is -0.217. The van der Waals surface area contributed by atoms with E-state index in [4.69, 9.17) is 10.5 Å². The molecule has 0 saturated carbocycles. The molecule has 0 fully saturated rings. The molecule has 0 spiro atoms.